The fourth-order valence-corrected chi connectivity index (χ4v) is 2.04. The van der Waals surface area contributed by atoms with Crippen molar-refractivity contribution in [2.24, 2.45) is 0 Å². The first kappa shape index (κ1) is 9.81. The first-order valence-corrected chi connectivity index (χ1v) is 5.16. The highest BCUT2D eigenvalue weighted by molar-refractivity contribution is 7.12. The summed E-state index contributed by atoms with van der Waals surface area (Å²) in [5.41, 5.74) is 1.41. The topological polar surface area (TPSA) is 36.7 Å². The highest BCUT2D eigenvalue weighted by atomic mass is 32.1. The number of thiazole rings is 1. The van der Waals surface area contributed by atoms with Crippen LogP contribution in [0, 0.1) is 24.1 Å². The second-order valence-electron chi connectivity index (χ2n) is 3.03. The molecular weight excluding hydrogens is 211 g/mol. The van der Waals surface area contributed by atoms with Crippen LogP contribution in [0.2, 0.25) is 0 Å². The molecule has 0 atom stereocenters. The standard InChI is InChI=1S/C11H7FN2S/c1-7-14-11(10(6-13)15-7)8-2-4-9(12)5-3-8/h2-5H,1H3. The maximum absolute atomic E-state index is 12.7. The Hall–Kier alpha value is -1.73. The van der Waals surface area contributed by atoms with Gasteiger partial charge in [-0.2, -0.15) is 5.26 Å². The maximum atomic E-state index is 12.7. The molecular formula is C11H7FN2S. The zero-order valence-electron chi connectivity index (χ0n) is 7.99. The van der Waals surface area contributed by atoms with Gasteiger partial charge in [0, 0.05) is 5.56 Å². The third kappa shape index (κ3) is 1.88. The molecule has 2 aromatic rings. The number of nitrogens with zero attached hydrogens (tertiary/aromatic N) is 2. The monoisotopic (exact) mass is 218 g/mol. The van der Waals surface area contributed by atoms with Crippen molar-refractivity contribution < 1.29 is 4.39 Å². The maximum Gasteiger partial charge on any atom is 0.132 e. The van der Waals surface area contributed by atoms with E-state index in [1.807, 2.05) is 6.92 Å². The van der Waals surface area contributed by atoms with E-state index in [1.54, 1.807) is 12.1 Å². The van der Waals surface area contributed by atoms with E-state index in [-0.39, 0.29) is 5.82 Å². The lowest BCUT2D eigenvalue weighted by atomic mass is 10.1. The van der Waals surface area contributed by atoms with Crippen molar-refractivity contribution in [2.75, 3.05) is 0 Å². The molecule has 0 bridgehead atoms. The van der Waals surface area contributed by atoms with Gasteiger partial charge in [-0.1, -0.05) is 0 Å². The van der Waals surface area contributed by atoms with Gasteiger partial charge in [-0.05, 0) is 31.2 Å². The van der Waals surface area contributed by atoms with Crippen molar-refractivity contribution in [3.8, 4) is 17.3 Å². The van der Waals surface area contributed by atoms with E-state index < -0.39 is 0 Å². The normalized spacial score (nSPS) is 9.93. The number of nitriles is 1. The highest BCUT2D eigenvalue weighted by Crippen LogP contribution is 2.27. The van der Waals surface area contributed by atoms with Gasteiger partial charge in [0.1, 0.15) is 16.8 Å². The van der Waals surface area contributed by atoms with E-state index >= 15 is 0 Å². The van der Waals surface area contributed by atoms with Crippen LogP contribution in [0.3, 0.4) is 0 Å². The summed E-state index contributed by atoms with van der Waals surface area (Å²) >= 11 is 1.35. The number of hydrogen-bond acceptors (Lipinski definition) is 3. The van der Waals surface area contributed by atoms with Gasteiger partial charge in [0.2, 0.25) is 0 Å². The van der Waals surface area contributed by atoms with Crippen molar-refractivity contribution in [1.82, 2.24) is 4.98 Å². The fourth-order valence-electron chi connectivity index (χ4n) is 1.31. The van der Waals surface area contributed by atoms with Crippen molar-refractivity contribution in [2.45, 2.75) is 6.92 Å². The molecule has 0 aliphatic carbocycles. The summed E-state index contributed by atoms with van der Waals surface area (Å²) in [5.74, 6) is -0.288. The molecule has 1 heterocycles. The average Bonchev–Trinajstić information content (AvgIpc) is 2.61. The number of aryl methyl sites for hydroxylation is 1. The van der Waals surface area contributed by atoms with Crippen molar-refractivity contribution in [3.05, 3.63) is 40.0 Å². The van der Waals surface area contributed by atoms with Gasteiger partial charge in [-0.3, -0.25) is 0 Å². The van der Waals surface area contributed by atoms with Crippen LogP contribution in [-0.2, 0) is 0 Å². The van der Waals surface area contributed by atoms with E-state index in [2.05, 4.69) is 11.1 Å². The predicted molar refractivity (Wildman–Crippen MR) is 57.0 cm³/mol. The Labute approximate surface area is 90.6 Å². The second-order valence-corrected chi connectivity index (χ2v) is 4.23. The Kier molecular flexibility index (Phi) is 2.48. The van der Waals surface area contributed by atoms with Gasteiger partial charge < -0.3 is 0 Å². The summed E-state index contributed by atoms with van der Waals surface area (Å²) < 4.78 is 12.7. The van der Waals surface area contributed by atoms with Crippen LogP contribution in [0.15, 0.2) is 24.3 Å². The molecule has 0 N–H and O–H groups in total. The van der Waals surface area contributed by atoms with E-state index in [0.717, 1.165) is 10.6 Å². The molecule has 0 spiro atoms. The second kappa shape index (κ2) is 3.79. The van der Waals surface area contributed by atoms with Crippen LogP contribution in [0.4, 0.5) is 4.39 Å². The van der Waals surface area contributed by atoms with Crippen LogP contribution in [0.5, 0.6) is 0 Å². The predicted octanol–water partition coefficient (Wildman–Crippen LogP) is 3.13. The zero-order valence-corrected chi connectivity index (χ0v) is 8.81. The largest absolute Gasteiger partial charge is 0.240 e. The minimum absolute atomic E-state index is 0.288. The molecule has 4 heteroatoms. The molecule has 1 aromatic heterocycles. The fraction of sp³-hybridized carbons (Fsp3) is 0.0909. The van der Waals surface area contributed by atoms with Gasteiger partial charge in [0.25, 0.3) is 0 Å². The number of aromatic nitrogens is 1. The Morgan fingerprint density at radius 2 is 2.00 bits per heavy atom. The first-order chi connectivity index (χ1) is 7.20. The molecule has 2 rings (SSSR count). The molecule has 15 heavy (non-hydrogen) atoms. The van der Waals surface area contributed by atoms with E-state index in [9.17, 15) is 4.39 Å². The van der Waals surface area contributed by atoms with Crippen molar-refractivity contribution in [1.29, 1.82) is 5.26 Å². The number of halogens is 1. The molecule has 0 radical (unpaired) electrons. The molecule has 2 nitrogen and oxygen atoms in total. The van der Waals surface area contributed by atoms with Crippen LogP contribution >= 0.6 is 11.3 Å². The van der Waals surface area contributed by atoms with Gasteiger partial charge in [0.05, 0.1) is 10.7 Å². The van der Waals surface area contributed by atoms with Gasteiger partial charge in [0.15, 0.2) is 0 Å². The molecule has 0 aliphatic heterocycles. The third-order valence-electron chi connectivity index (χ3n) is 1.95. The van der Waals surface area contributed by atoms with Crippen LogP contribution in [-0.4, -0.2) is 4.98 Å². The lowest BCUT2D eigenvalue weighted by Gasteiger charge is -1.96. The average molecular weight is 218 g/mol. The molecule has 0 amide bonds. The number of hydrogen-bond donors (Lipinski definition) is 0. The van der Waals surface area contributed by atoms with Crippen LogP contribution < -0.4 is 0 Å². The molecule has 0 saturated heterocycles. The van der Waals surface area contributed by atoms with E-state index in [4.69, 9.17) is 5.26 Å². The summed E-state index contributed by atoms with van der Waals surface area (Å²) in [6, 6.07) is 8.08. The molecule has 1 aromatic carbocycles. The Balaban J connectivity index is 2.54. The van der Waals surface area contributed by atoms with Gasteiger partial charge in [-0.25, -0.2) is 9.37 Å². The zero-order chi connectivity index (χ0) is 10.8. The Morgan fingerprint density at radius 1 is 1.33 bits per heavy atom. The van der Waals surface area contributed by atoms with Crippen LogP contribution in [0.1, 0.15) is 9.88 Å². The Bertz CT molecular complexity index is 523. The smallest absolute Gasteiger partial charge is 0.132 e. The quantitative estimate of drug-likeness (QED) is 0.737. The van der Waals surface area contributed by atoms with E-state index in [0.29, 0.717) is 10.6 Å². The number of rotatable bonds is 1. The number of benzene rings is 1. The summed E-state index contributed by atoms with van der Waals surface area (Å²) in [7, 11) is 0. The first-order valence-electron chi connectivity index (χ1n) is 4.34. The lowest BCUT2D eigenvalue weighted by molar-refractivity contribution is 0.628. The SMILES string of the molecule is Cc1nc(-c2ccc(F)cc2)c(C#N)s1. The molecule has 0 fully saturated rings. The Morgan fingerprint density at radius 3 is 2.60 bits per heavy atom. The van der Waals surface area contributed by atoms with E-state index in [1.165, 1.54) is 23.5 Å². The summed E-state index contributed by atoms with van der Waals surface area (Å²) in [6.07, 6.45) is 0. The molecule has 0 aliphatic rings. The summed E-state index contributed by atoms with van der Waals surface area (Å²) in [6.45, 7) is 1.85. The summed E-state index contributed by atoms with van der Waals surface area (Å²) in [4.78, 5) is 4.82. The molecule has 0 unspecified atom stereocenters. The van der Waals surface area contributed by atoms with Crippen molar-refractivity contribution in [3.63, 3.8) is 0 Å². The van der Waals surface area contributed by atoms with Crippen molar-refractivity contribution >= 4 is 11.3 Å². The van der Waals surface area contributed by atoms with Crippen LogP contribution in [0.25, 0.3) is 11.3 Å². The third-order valence-corrected chi connectivity index (χ3v) is 2.83. The summed E-state index contributed by atoms with van der Waals surface area (Å²) in [5, 5.41) is 9.73. The lowest BCUT2D eigenvalue weighted by Crippen LogP contribution is -1.82. The molecule has 0 saturated carbocycles. The minimum Gasteiger partial charge on any atom is -0.240 e. The van der Waals surface area contributed by atoms with Gasteiger partial charge >= 0.3 is 0 Å². The highest BCUT2D eigenvalue weighted by Gasteiger charge is 2.10. The minimum atomic E-state index is -0.288. The molecule has 74 valence electrons. The van der Waals surface area contributed by atoms with Gasteiger partial charge in [-0.15, -0.1) is 11.3 Å².